The summed E-state index contributed by atoms with van der Waals surface area (Å²) in [4.78, 5) is 34.4. The third kappa shape index (κ3) is 4.79. The lowest BCUT2D eigenvalue weighted by Crippen LogP contribution is -2.22. The van der Waals surface area contributed by atoms with E-state index in [2.05, 4.69) is 5.32 Å². The Bertz CT molecular complexity index is 817. The Kier molecular flexibility index (Phi) is 6.26. The highest BCUT2D eigenvalue weighted by Crippen LogP contribution is 2.28. The minimum absolute atomic E-state index is 0.0563. The zero-order valence-electron chi connectivity index (χ0n) is 14.4. The molecule has 2 rings (SSSR count). The maximum absolute atomic E-state index is 12.1. The van der Waals surface area contributed by atoms with Crippen LogP contribution in [0.15, 0.2) is 42.5 Å². The second-order valence-electron chi connectivity index (χ2n) is 5.30. The molecule has 0 radical (unpaired) electrons. The molecule has 0 saturated heterocycles. The molecule has 0 aliphatic heterocycles. The standard InChI is InChI=1S/C18H18N2O6/c1-3-19-18(22)13-6-9-16(15(11-13)20(23)24)26-17(21)10-12-4-7-14(25-2)8-5-12/h4-9,11H,3,10H2,1-2H3,(H,19,22). The van der Waals surface area contributed by atoms with Crippen LogP contribution in [-0.2, 0) is 11.2 Å². The molecule has 26 heavy (non-hydrogen) atoms. The SMILES string of the molecule is CCNC(=O)c1ccc(OC(=O)Cc2ccc(OC)cc2)c([N+](=O)[O-])c1. The fourth-order valence-electron chi connectivity index (χ4n) is 2.22. The van der Waals surface area contributed by atoms with Crippen LogP contribution < -0.4 is 14.8 Å². The number of methoxy groups -OCH3 is 1. The fourth-order valence-corrected chi connectivity index (χ4v) is 2.22. The van der Waals surface area contributed by atoms with Gasteiger partial charge in [0.25, 0.3) is 5.91 Å². The second-order valence-corrected chi connectivity index (χ2v) is 5.30. The number of nitrogens with zero attached hydrogens (tertiary/aromatic N) is 1. The molecule has 0 aromatic heterocycles. The highest BCUT2D eigenvalue weighted by molar-refractivity contribution is 5.95. The molecule has 0 bridgehead atoms. The van der Waals surface area contributed by atoms with Gasteiger partial charge >= 0.3 is 11.7 Å². The molecule has 0 aliphatic carbocycles. The smallest absolute Gasteiger partial charge is 0.315 e. The van der Waals surface area contributed by atoms with E-state index >= 15 is 0 Å². The van der Waals surface area contributed by atoms with E-state index in [1.54, 1.807) is 31.2 Å². The van der Waals surface area contributed by atoms with Crippen LogP contribution in [0.25, 0.3) is 0 Å². The zero-order chi connectivity index (χ0) is 19.1. The molecule has 0 unspecified atom stereocenters. The van der Waals surface area contributed by atoms with Crippen molar-refractivity contribution in [3.63, 3.8) is 0 Å². The van der Waals surface area contributed by atoms with Crippen LogP contribution in [0.3, 0.4) is 0 Å². The first-order chi connectivity index (χ1) is 12.4. The van der Waals surface area contributed by atoms with Crippen molar-refractivity contribution in [2.45, 2.75) is 13.3 Å². The van der Waals surface area contributed by atoms with Gasteiger partial charge in [-0.2, -0.15) is 0 Å². The lowest BCUT2D eigenvalue weighted by molar-refractivity contribution is -0.385. The van der Waals surface area contributed by atoms with Gasteiger partial charge in [-0.05, 0) is 36.8 Å². The molecule has 0 heterocycles. The molecular weight excluding hydrogens is 340 g/mol. The van der Waals surface area contributed by atoms with Gasteiger partial charge < -0.3 is 14.8 Å². The molecular formula is C18H18N2O6. The molecule has 1 N–H and O–H groups in total. The maximum atomic E-state index is 12.1. The molecule has 2 aromatic carbocycles. The van der Waals surface area contributed by atoms with E-state index in [1.807, 2.05) is 0 Å². The highest BCUT2D eigenvalue weighted by atomic mass is 16.6. The lowest BCUT2D eigenvalue weighted by atomic mass is 10.1. The fraction of sp³-hybridized carbons (Fsp3) is 0.222. The van der Waals surface area contributed by atoms with Crippen molar-refractivity contribution in [3.8, 4) is 11.5 Å². The van der Waals surface area contributed by atoms with Crippen molar-refractivity contribution in [3.05, 3.63) is 63.7 Å². The monoisotopic (exact) mass is 358 g/mol. The van der Waals surface area contributed by atoms with E-state index in [0.29, 0.717) is 17.9 Å². The first kappa shape index (κ1) is 18.9. The Balaban J connectivity index is 2.15. The average Bonchev–Trinajstić information content (AvgIpc) is 2.62. The highest BCUT2D eigenvalue weighted by Gasteiger charge is 2.21. The summed E-state index contributed by atoms with van der Waals surface area (Å²) in [6.45, 7) is 2.13. The van der Waals surface area contributed by atoms with E-state index in [9.17, 15) is 19.7 Å². The van der Waals surface area contributed by atoms with Gasteiger partial charge in [0.1, 0.15) is 5.75 Å². The maximum Gasteiger partial charge on any atom is 0.315 e. The van der Waals surface area contributed by atoms with Gasteiger partial charge in [0.15, 0.2) is 0 Å². The normalized spacial score (nSPS) is 10.1. The number of ether oxygens (including phenoxy) is 2. The van der Waals surface area contributed by atoms with Crippen molar-refractivity contribution in [1.82, 2.24) is 5.32 Å². The topological polar surface area (TPSA) is 108 Å². The third-order valence-electron chi connectivity index (χ3n) is 3.49. The van der Waals surface area contributed by atoms with E-state index in [4.69, 9.17) is 9.47 Å². The van der Waals surface area contributed by atoms with Crippen molar-refractivity contribution < 1.29 is 24.0 Å². The Morgan fingerprint density at radius 1 is 1.15 bits per heavy atom. The Morgan fingerprint density at radius 2 is 1.85 bits per heavy atom. The van der Waals surface area contributed by atoms with Crippen LogP contribution in [0.5, 0.6) is 11.5 Å². The number of carbonyl (C=O) groups excluding carboxylic acids is 2. The molecule has 136 valence electrons. The number of rotatable bonds is 7. The Hall–Kier alpha value is -3.42. The molecule has 0 fully saturated rings. The summed E-state index contributed by atoms with van der Waals surface area (Å²) in [6.07, 6.45) is -0.0563. The van der Waals surface area contributed by atoms with Crippen LogP contribution >= 0.6 is 0 Å². The summed E-state index contributed by atoms with van der Waals surface area (Å²) in [5.41, 5.74) is 0.350. The molecule has 2 aromatic rings. The van der Waals surface area contributed by atoms with Crippen molar-refractivity contribution in [2.24, 2.45) is 0 Å². The minimum atomic E-state index is -0.696. The first-order valence-corrected chi connectivity index (χ1v) is 7.84. The number of hydrogen-bond acceptors (Lipinski definition) is 6. The minimum Gasteiger partial charge on any atom is -0.497 e. The predicted octanol–water partition coefficient (Wildman–Crippen LogP) is 2.50. The number of benzene rings is 2. The molecule has 8 heteroatoms. The van der Waals surface area contributed by atoms with Crippen molar-refractivity contribution in [2.75, 3.05) is 13.7 Å². The average molecular weight is 358 g/mol. The summed E-state index contributed by atoms with van der Waals surface area (Å²) >= 11 is 0. The number of amides is 1. The van der Waals surface area contributed by atoms with Gasteiger partial charge in [0, 0.05) is 18.2 Å². The van der Waals surface area contributed by atoms with Gasteiger partial charge in [-0.15, -0.1) is 0 Å². The summed E-state index contributed by atoms with van der Waals surface area (Å²) in [7, 11) is 1.53. The van der Waals surface area contributed by atoms with E-state index in [1.165, 1.54) is 19.2 Å². The number of nitrogens with one attached hydrogen (secondary N) is 1. The molecule has 0 spiro atoms. The van der Waals surface area contributed by atoms with Gasteiger partial charge in [-0.3, -0.25) is 19.7 Å². The molecule has 8 nitrogen and oxygen atoms in total. The molecule has 0 aliphatic rings. The number of carbonyl (C=O) groups is 2. The third-order valence-corrected chi connectivity index (χ3v) is 3.49. The van der Waals surface area contributed by atoms with Crippen LogP contribution in [-0.4, -0.2) is 30.5 Å². The van der Waals surface area contributed by atoms with Crippen molar-refractivity contribution in [1.29, 1.82) is 0 Å². The van der Waals surface area contributed by atoms with Crippen LogP contribution in [0.2, 0.25) is 0 Å². The number of nitro groups is 1. The summed E-state index contributed by atoms with van der Waals surface area (Å²) in [5.74, 6) is -0.643. The van der Waals surface area contributed by atoms with Gasteiger partial charge in [0.2, 0.25) is 5.75 Å². The van der Waals surface area contributed by atoms with Crippen LogP contribution in [0, 0.1) is 10.1 Å². The number of nitro benzene ring substituents is 1. The predicted molar refractivity (Wildman–Crippen MR) is 93.4 cm³/mol. The second kappa shape index (κ2) is 8.61. The van der Waals surface area contributed by atoms with Crippen LogP contribution in [0.4, 0.5) is 5.69 Å². The number of esters is 1. The van der Waals surface area contributed by atoms with Gasteiger partial charge in [0.05, 0.1) is 18.5 Å². The molecule has 1 amide bonds. The van der Waals surface area contributed by atoms with Gasteiger partial charge in [-0.25, -0.2) is 0 Å². The summed E-state index contributed by atoms with van der Waals surface area (Å²) in [5, 5.41) is 13.8. The molecule has 0 saturated carbocycles. The van der Waals surface area contributed by atoms with E-state index < -0.39 is 22.5 Å². The van der Waals surface area contributed by atoms with Crippen LogP contribution in [0.1, 0.15) is 22.8 Å². The molecule has 0 atom stereocenters. The van der Waals surface area contributed by atoms with Gasteiger partial charge in [-0.1, -0.05) is 12.1 Å². The zero-order valence-corrected chi connectivity index (χ0v) is 14.4. The Morgan fingerprint density at radius 3 is 2.42 bits per heavy atom. The number of hydrogen-bond donors (Lipinski definition) is 1. The first-order valence-electron chi connectivity index (χ1n) is 7.84. The largest absolute Gasteiger partial charge is 0.497 e. The van der Waals surface area contributed by atoms with E-state index in [0.717, 1.165) is 6.07 Å². The summed E-state index contributed by atoms with van der Waals surface area (Å²) < 4.78 is 10.2. The Labute approximate surface area is 149 Å². The lowest BCUT2D eigenvalue weighted by Gasteiger charge is -2.08. The van der Waals surface area contributed by atoms with Crippen molar-refractivity contribution >= 4 is 17.6 Å². The summed E-state index contributed by atoms with van der Waals surface area (Å²) in [6, 6.07) is 10.5. The quantitative estimate of drug-likeness (QED) is 0.353. The van der Waals surface area contributed by atoms with E-state index in [-0.39, 0.29) is 17.7 Å².